The Morgan fingerprint density at radius 1 is 0.486 bits per heavy atom. The molecule has 8 aromatic rings. The fraction of sp³-hybridized carbons (Fsp3) is 0.387. The Hall–Kier alpha value is -6.94. The predicted octanol–water partition coefficient (Wildman–Crippen LogP) is 13.2. The van der Waals surface area contributed by atoms with E-state index in [9.17, 15) is 28.8 Å². The molecule has 2 fully saturated rings. The number of imide groups is 2. The summed E-state index contributed by atoms with van der Waals surface area (Å²) in [7, 11) is 0. The van der Waals surface area contributed by atoms with E-state index < -0.39 is 58.1 Å². The molecule has 10 rings (SSSR count). The van der Waals surface area contributed by atoms with E-state index in [2.05, 4.69) is 136 Å². The Balaban J connectivity index is 0.826. The second-order valence-electron chi connectivity index (χ2n) is 21.6. The lowest BCUT2D eigenvalue weighted by Gasteiger charge is -2.38. The molecular formula is C62H66N4O6. The van der Waals surface area contributed by atoms with Crippen LogP contribution in [-0.4, -0.2) is 45.5 Å². The predicted molar refractivity (Wildman–Crippen MR) is 287 cm³/mol. The van der Waals surface area contributed by atoms with Gasteiger partial charge in [0.1, 0.15) is 0 Å². The van der Waals surface area contributed by atoms with Gasteiger partial charge in [-0.3, -0.25) is 39.6 Å². The number of unbranched alkanes of at least 4 members (excludes halogenated alkanes) is 1. The molecule has 6 unspecified atom stereocenters. The molecule has 6 atom stereocenters. The van der Waals surface area contributed by atoms with Crippen LogP contribution in [0.25, 0.3) is 64.6 Å². The van der Waals surface area contributed by atoms with Crippen molar-refractivity contribution < 1.29 is 28.8 Å². The number of carbonyl (C=O) groups excluding carboxylic acids is 6. The highest BCUT2D eigenvalue weighted by atomic mass is 16.2. The van der Waals surface area contributed by atoms with Crippen LogP contribution in [0, 0.1) is 22.7 Å². The van der Waals surface area contributed by atoms with Crippen LogP contribution < -0.4 is 10.9 Å². The van der Waals surface area contributed by atoms with E-state index in [4.69, 9.17) is 0 Å². The first-order chi connectivity index (χ1) is 34.7. The monoisotopic (exact) mass is 962 g/mol. The Morgan fingerprint density at radius 2 is 0.847 bits per heavy atom. The quantitative estimate of drug-likeness (QED) is 0.0612. The topological polar surface area (TPSA) is 133 Å². The zero-order valence-corrected chi connectivity index (χ0v) is 42.5. The molecule has 2 heterocycles. The summed E-state index contributed by atoms with van der Waals surface area (Å²) in [6.07, 6.45) is 6.79. The van der Waals surface area contributed by atoms with Gasteiger partial charge in [-0.2, -0.15) is 10.0 Å². The van der Waals surface area contributed by atoms with Crippen molar-refractivity contribution in [2.24, 2.45) is 22.7 Å². The molecule has 0 bridgehead atoms. The van der Waals surface area contributed by atoms with Crippen molar-refractivity contribution in [3.63, 3.8) is 0 Å². The van der Waals surface area contributed by atoms with Crippen molar-refractivity contribution in [1.29, 1.82) is 0 Å². The Morgan fingerprint density at radius 3 is 1.24 bits per heavy atom. The van der Waals surface area contributed by atoms with Crippen molar-refractivity contribution in [2.45, 2.75) is 130 Å². The fourth-order valence-electron chi connectivity index (χ4n) is 13.2. The number of hydrogen-bond acceptors (Lipinski definition) is 6. The van der Waals surface area contributed by atoms with Gasteiger partial charge < -0.3 is 0 Å². The molecule has 0 saturated carbocycles. The van der Waals surface area contributed by atoms with Gasteiger partial charge in [-0.15, -0.1) is 0 Å². The first kappa shape index (κ1) is 48.7. The second kappa shape index (κ2) is 19.2. The van der Waals surface area contributed by atoms with Crippen molar-refractivity contribution in [2.75, 3.05) is 0 Å². The number of rotatable bonds is 19. The van der Waals surface area contributed by atoms with Crippen LogP contribution in [0.4, 0.5) is 0 Å². The van der Waals surface area contributed by atoms with E-state index in [1.54, 1.807) is 0 Å². The third kappa shape index (κ3) is 8.20. The zero-order valence-electron chi connectivity index (χ0n) is 42.5. The number of benzene rings is 8. The summed E-state index contributed by atoms with van der Waals surface area (Å²) in [5.41, 5.74) is 6.18. The van der Waals surface area contributed by atoms with Gasteiger partial charge in [-0.25, -0.2) is 0 Å². The molecular weight excluding hydrogens is 897 g/mol. The maximum Gasteiger partial charge on any atom is 0.252 e. The van der Waals surface area contributed by atoms with Crippen LogP contribution in [0.2, 0.25) is 0 Å². The highest BCUT2D eigenvalue weighted by Gasteiger charge is 2.52. The van der Waals surface area contributed by atoms with Gasteiger partial charge in [0.15, 0.2) is 0 Å². The van der Waals surface area contributed by atoms with E-state index >= 15 is 0 Å². The zero-order chi connectivity index (χ0) is 50.6. The minimum Gasteiger partial charge on any atom is -0.273 e. The van der Waals surface area contributed by atoms with Crippen LogP contribution in [0.3, 0.4) is 0 Å². The lowest BCUT2D eigenvalue weighted by atomic mass is 9.66. The van der Waals surface area contributed by atoms with E-state index in [0.717, 1.165) is 105 Å². The summed E-state index contributed by atoms with van der Waals surface area (Å²) in [4.78, 5) is 85.2. The van der Waals surface area contributed by atoms with E-state index in [1.165, 1.54) is 0 Å². The molecule has 0 radical (unpaired) electrons. The van der Waals surface area contributed by atoms with Crippen LogP contribution in [0.5, 0.6) is 0 Å². The number of nitrogens with zero attached hydrogens (tertiary/aromatic N) is 2. The Bertz CT molecular complexity index is 3400. The summed E-state index contributed by atoms with van der Waals surface area (Å²) in [5, 5.41) is 15.2. The number of hydrazine groups is 2. The van der Waals surface area contributed by atoms with Crippen molar-refractivity contribution in [1.82, 2.24) is 20.9 Å². The number of amides is 6. The summed E-state index contributed by atoms with van der Waals surface area (Å²) < 4.78 is 0. The Kier molecular flexibility index (Phi) is 13.0. The SMILES string of the molecule is CCCCC(C)(CCCC(C)(CCC)C1CC(=O)N(NC(=O)C(CC)c2ccc3ccc4cccc5ccc2c3c45)C1=O)C1CC(=O)N(NC(=O)C(CC)c2ccc3ccc4cccc5ccc2c3c45)C1=O. The summed E-state index contributed by atoms with van der Waals surface area (Å²) in [6, 6.07) is 37.4. The first-order valence-electron chi connectivity index (χ1n) is 26.4. The van der Waals surface area contributed by atoms with E-state index in [1.807, 2.05) is 26.0 Å². The third-order valence-corrected chi connectivity index (χ3v) is 17.2. The van der Waals surface area contributed by atoms with Gasteiger partial charge in [-0.1, -0.05) is 176 Å². The molecule has 10 nitrogen and oxygen atoms in total. The highest BCUT2D eigenvalue weighted by molar-refractivity contribution is 6.25. The van der Waals surface area contributed by atoms with E-state index in [0.29, 0.717) is 44.9 Å². The molecule has 2 N–H and O–H groups in total. The molecule has 72 heavy (non-hydrogen) atoms. The van der Waals surface area contributed by atoms with Gasteiger partial charge in [0.2, 0.25) is 23.6 Å². The maximum atomic E-state index is 14.5. The summed E-state index contributed by atoms with van der Waals surface area (Å²) >= 11 is 0. The Labute approximate surface area is 421 Å². The lowest BCUT2D eigenvalue weighted by molar-refractivity contribution is -0.150. The highest BCUT2D eigenvalue weighted by Crippen LogP contribution is 2.49. The fourth-order valence-corrected chi connectivity index (χ4v) is 13.2. The van der Waals surface area contributed by atoms with Gasteiger partial charge in [-0.05, 0) is 125 Å². The average molecular weight is 963 g/mol. The van der Waals surface area contributed by atoms with Crippen LogP contribution in [0.1, 0.15) is 142 Å². The molecule has 2 aliphatic heterocycles. The second-order valence-corrected chi connectivity index (χ2v) is 21.6. The lowest BCUT2D eigenvalue weighted by Crippen LogP contribution is -2.49. The smallest absolute Gasteiger partial charge is 0.252 e. The maximum absolute atomic E-state index is 14.5. The van der Waals surface area contributed by atoms with Crippen LogP contribution >= 0.6 is 0 Å². The minimum atomic E-state index is -0.637. The van der Waals surface area contributed by atoms with Crippen LogP contribution in [-0.2, 0) is 28.8 Å². The van der Waals surface area contributed by atoms with Gasteiger partial charge in [0.25, 0.3) is 11.8 Å². The molecule has 8 aromatic carbocycles. The number of hydrogen-bond donors (Lipinski definition) is 2. The molecule has 2 saturated heterocycles. The van der Waals surface area contributed by atoms with Crippen molar-refractivity contribution >= 4 is 100 Å². The van der Waals surface area contributed by atoms with E-state index in [-0.39, 0.29) is 24.7 Å². The first-order valence-corrected chi connectivity index (χ1v) is 26.4. The molecule has 0 spiro atoms. The molecule has 2 aliphatic rings. The van der Waals surface area contributed by atoms with Crippen LogP contribution in [0.15, 0.2) is 109 Å². The average Bonchev–Trinajstić information content (AvgIpc) is 3.84. The van der Waals surface area contributed by atoms with Gasteiger partial charge >= 0.3 is 0 Å². The molecule has 0 aliphatic carbocycles. The van der Waals surface area contributed by atoms with Crippen molar-refractivity contribution in [3.8, 4) is 0 Å². The summed E-state index contributed by atoms with van der Waals surface area (Å²) in [6.45, 7) is 12.3. The van der Waals surface area contributed by atoms with Gasteiger partial charge in [0, 0.05) is 12.8 Å². The third-order valence-electron chi connectivity index (χ3n) is 17.2. The number of carbonyl (C=O) groups is 6. The largest absolute Gasteiger partial charge is 0.273 e. The standard InChI is InChI=1S/C62H66N4O6/c1-7-11-32-62(6,50-36-52(68)66(60(50)72)64-58(70)44(10-4)46-28-24-42-22-20-38-16-13-18-40-26-30-48(46)56(42)54(38)40)34-14-33-61(5,31-8-2)49-35-51(67)65(59(49)71)63-57(69)43(9-3)45-27-23-41-21-19-37-15-12-17-39-25-29-47(45)55(41)53(37)39/h12-13,15-30,43-44,49-50H,7-11,14,31-36H2,1-6H3,(H,63,69)(H,64,70). The molecule has 0 aromatic heterocycles. The van der Waals surface area contributed by atoms with Crippen molar-refractivity contribution in [3.05, 3.63) is 120 Å². The molecule has 10 heteroatoms. The van der Waals surface area contributed by atoms with Gasteiger partial charge in [0.05, 0.1) is 23.7 Å². The normalized spacial score (nSPS) is 19.1. The minimum absolute atomic E-state index is 0.00127. The molecule has 6 amide bonds. The number of nitrogens with one attached hydrogen (secondary N) is 2. The molecule has 370 valence electrons. The summed E-state index contributed by atoms with van der Waals surface area (Å²) in [5.74, 6) is -4.85.